The summed E-state index contributed by atoms with van der Waals surface area (Å²) in [6, 6.07) is 9.36. The van der Waals surface area contributed by atoms with Crippen LogP contribution in [-0.4, -0.2) is 26.2 Å². The molecule has 2 amide bonds. The number of amides is 2. The van der Waals surface area contributed by atoms with Crippen LogP contribution < -0.4 is 15.4 Å². The maximum Gasteiger partial charge on any atom is 0.339 e. The number of carbonyl (C=O) groups excluding carboxylic acids is 2. The van der Waals surface area contributed by atoms with Gasteiger partial charge in [-0.1, -0.05) is 23.7 Å². The summed E-state index contributed by atoms with van der Waals surface area (Å²) in [5.74, 6) is -0.104. The number of anilines is 2. The highest BCUT2D eigenvalue weighted by molar-refractivity contribution is 6.31. The molecule has 0 aliphatic carbocycles. The molecule has 2 aromatic rings. The molecule has 2 aromatic carbocycles. The van der Waals surface area contributed by atoms with E-state index in [0.29, 0.717) is 22.1 Å². The zero-order valence-corrected chi connectivity index (χ0v) is 14.2. The molecule has 7 heteroatoms. The average Bonchev–Trinajstić information content (AvgIpc) is 2.57. The standard InChI is InChI=1S/C17H17ClN2O4/c1-10-8-14(15(23-2)9-12(10)18)20-17(22)19-13-7-5-4-6-11(13)16(21)24-3/h4-9H,1-3H3,(H2,19,20,22). The third-order valence-corrected chi connectivity index (χ3v) is 3.72. The fraction of sp³-hybridized carbons (Fsp3) is 0.176. The average molecular weight is 349 g/mol. The Morgan fingerprint density at radius 1 is 1.04 bits per heavy atom. The highest BCUT2D eigenvalue weighted by Gasteiger charge is 2.15. The normalized spacial score (nSPS) is 10.0. The van der Waals surface area contributed by atoms with Gasteiger partial charge in [0.1, 0.15) is 5.75 Å². The van der Waals surface area contributed by atoms with Gasteiger partial charge >= 0.3 is 12.0 Å². The van der Waals surface area contributed by atoms with Crippen molar-refractivity contribution in [1.82, 2.24) is 0 Å². The summed E-state index contributed by atoms with van der Waals surface area (Å²) >= 11 is 6.04. The van der Waals surface area contributed by atoms with Crippen molar-refractivity contribution in [3.8, 4) is 5.75 Å². The van der Waals surface area contributed by atoms with Gasteiger partial charge in [-0.3, -0.25) is 0 Å². The molecular formula is C17H17ClN2O4. The molecule has 0 spiro atoms. The summed E-state index contributed by atoms with van der Waals surface area (Å²) in [6.45, 7) is 1.82. The van der Waals surface area contributed by atoms with E-state index in [0.717, 1.165) is 5.56 Å². The number of methoxy groups -OCH3 is 2. The lowest BCUT2D eigenvalue weighted by Gasteiger charge is -2.14. The van der Waals surface area contributed by atoms with Crippen molar-refractivity contribution in [2.45, 2.75) is 6.92 Å². The summed E-state index contributed by atoms with van der Waals surface area (Å²) in [5, 5.41) is 5.83. The first-order chi connectivity index (χ1) is 11.5. The zero-order chi connectivity index (χ0) is 17.7. The number of aryl methyl sites for hydroxylation is 1. The maximum absolute atomic E-state index is 12.2. The number of hydrogen-bond acceptors (Lipinski definition) is 4. The van der Waals surface area contributed by atoms with Gasteiger partial charge in [-0.05, 0) is 30.7 Å². The van der Waals surface area contributed by atoms with Gasteiger partial charge in [0, 0.05) is 11.1 Å². The quantitative estimate of drug-likeness (QED) is 0.816. The summed E-state index contributed by atoms with van der Waals surface area (Å²) in [4.78, 5) is 24.0. The lowest BCUT2D eigenvalue weighted by Crippen LogP contribution is -2.21. The second-order valence-electron chi connectivity index (χ2n) is 4.92. The van der Waals surface area contributed by atoms with Gasteiger partial charge in [-0.25, -0.2) is 9.59 Å². The molecular weight excluding hydrogens is 332 g/mol. The van der Waals surface area contributed by atoms with Crippen LogP contribution in [0, 0.1) is 6.92 Å². The topological polar surface area (TPSA) is 76.7 Å². The Morgan fingerprint density at radius 2 is 1.71 bits per heavy atom. The van der Waals surface area contributed by atoms with Crippen LogP contribution in [0.4, 0.5) is 16.2 Å². The largest absolute Gasteiger partial charge is 0.495 e. The molecule has 0 saturated carbocycles. The van der Waals surface area contributed by atoms with E-state index in [1.807, 2.05) is 6.92 Å². The molecule has 0 atom stereocenters. The molecule has 0 saturated heterocycles. The van der Waals surface area contributed by atoms with Gasteiger partial charge in [-0.2, -0.15) is 0 Å². The van der Waals surface area contributed by atoms with Crippen LogP contribution in [0.15, 0.2) is 36.4 Å². The molecule has 0 radical (unpaired) electrons. The first-order valence-corrected chi connectivity index (χ1v) is 7.43. The van der Waals surface area contributed by atoms with E-state index < -0.39 is 12.0 Å². The number of benzene rings is 2. The Balaban J connectivity index is 2.21. The number of esters is 1. The Kier molecular flexibility index (Phi) is 5.65. The third kappa shape index (κ3) is 3.97. The highest BCUT2D eigenvalue weighted by Crippen LogP contribution is 2.31. The molecule has 0 bridgehead atoms. The molecule has 0 fully saturated rings. The Hall–Kier alpha value is -2.73. The van der Waals surface area contributed by atoms with Crippen LogP contribution in [0.2, 0.25) is 5.02 Å². The van der Waals surface area contributed by atoms with Crippen LogP contribution in [-0.2, 0) is 4.74 Å². The first kappa shape index (κ1) is 17.6. The predicted octanol–water partition coefficient (Wildman–Crippen LogP) is 4.09. The number of halogens is 1. The van der Waals surface area contributed by atoms with Crippen molar-refractivity contribution in [3.05, 3.63) is 52.5 Å². The number of para-hydroxylation sites is 1. The Bertz CT molecular complexity index is 777. The van der Waals surface area contributed by atoms with E-state index in [4.69, 9.17) is 21.1 Å². The van der Waals surface area contributed by atoms with Crippen LogP contribution in [0.25, 0.3) is 0 Å². The molecule has 2 rings (SSSR count). The summed E-state index contributed by atoms with van der Waals surface area (Å²) in [7, 11) is 2.76. The molecule has 24 heavy (non-hydrogen) atoms. The lowest BCUT2D eigenvalue weighted by molar-refractivity contribution is 0.0602. The molecule has 0 aromatic heterocycles. The second-order valence-corrected chi connectivity index (χ2v) is 5.33. The van der Waals surface area contributed by atoms with Crippen LogP contribution in [0.5, 0.6) is 5.75 Å². The lowest BCUT2D eigenvalue weighted by atomic mass is 10.2. The van der Waals surface area contributed by atoms with E-state index in [2.05, 4.69) is 10.6 Å². The molecule has 2 N–H and O–H groups in total. The van der Waals surface area contributed by atoms with Crippen LogP contribution in [0.1, 0.15) is 15.9 Å². The van der Waals surface area contributed by atoms with Crippen molar-refractivity contribution >= 4 is 35.0 Å². The number of hydrogen-bond donors (Lipinski definition) is 2. The van der Waals surface area contributed by atoms with E-state index in [9.17, 15) is 9.59 Å². The van der Waals surface area contributed by atoms with E-state index in [1.165, 1.54) is 14.2 Å². The third-order valence-electron chi connectivity index (χ3n) is 3.31. The molecule has 0 aliphatic rings. The highest BCUT2D eigenvalue weighted by atomic mass is 35.5. The van der Waals surface area contributed by atoms with Gasteiger partial charge in [0.15, 0.2) is 0 Å². The van der Waals surface area contributed by atoms with Gasteiger partial charge in [0.25, 0.3) is 0 Å². The first-order valence-electron chi connectivity index (χ1n) is 7.05. The van der Waals surface area contributed by atoms with E-state index >= 15 is 0 Å². The van der Waals surface area contributed by atoms with Gasteiger partial charge < -0.3 is 20.1 Å². The number of carbonyl (C=O) groups is 2. The fourth-order valence-electron chi connectivity index (χ4n) is 2.09. The van der Waals surface area contributed by atoms with Crippen molar-refractivity contribution in [2.75, 3.05) is 24.9 Å². The summed E-state index contributed by atoms with van der Waals surface area (Å²) < 4.78 is 9.91. The van der Waals surface area contributed by atoms with Crippen LogP contribution >= 0.6 is 11.6 Å². The number of rotatable bonds is 4. The summed E-state index contributed by atoms with van der Waals surface area (Å²) in [6.07, 6.45) is 0. The van der Waals surface area contributed by atoms with Crippen molar-refractivity contribution in [1.29, 1.82) is 0 Å². The SMILES string of the molecule is COC(=O)c1ccccc1NC(=O)Nc1cc(C)c(Cl)cc1OC. The number of nitrogens with one attached hydrogen (secondary N) is 2. The van der Waals surface area contributed by atoms with Gasteiger partial charge in [0.05, 0.1) is 31.2 Å². The minimum Gasteiger partial charge on any atom is -0.495 e. The molecule has 0 heterocycles. The maximum atomic E-state index is 12.2. The van der Waals surface area contributed by atoms with Crippen molar-refractivity contribution < 1.29 is 19.1 Å². The molecule has 6 nitrogen and oxygen atoms in total. The van der Waals surface area contributed by atoms with Gasteiger partial charge in [0.2, 0.25) is 0 Å². The van der Waals surface area contributed by atoms with Gasteiger partial charge in [-0.15, -0.1) is 0 Å². The Labute approximate surface area is 144 Å². The smallest absolute Gasteiger partial charge is 0.339 e. The molecule has 0 unspecified atom stereocenters. The summed E-state index contributed by atoms with van der Waals surface area (Å²) in [5.41, 5.74) is 1.86. The molecule has 126 valence electrons. The van der Waals surface area contributed by atoms with Crippen molar-refractivity contribution in [3.63, 3.8) is 0 Å². The van der Waals surface area contributed by atoms with Crippen molar-refractivity contribution in [2.24, 2.45) is 0 Å². The molecule has 0 aliphatic heterocycles. The minimum absolute atomic E-state index is 0.259. The zero-order valence-electron chi connectivity index (χ0n) is 13.5. The minimum atomic E-state index is -0.536. The number of urea groups is 1. The number of ether oxygens (including phenoxy) is 2. The monoisotopic (exact) mass is 348 g/mol. The van der Waals surface area contributed by atoms with E-state index in [-0.39, 0.29) is 5.56 Å². The van der Waals surface area contributed by atoms with E-state index in [1.54, 1.807) is 36.4 Å². The fourth-order valence-corrected chi connectivity index (χ4v) is 2.24. The second kappa shape index (κ2) is 7.70. The van der Waals surface area contributed by atoms with Crippen LogP contribution in [0.3, 0.4) is 0 Å². The predicted molar refractivity (Wildman–Crippen MR) is 93.2 cm³/mol. The Morgan fingerprint density at radius 3 is 2.38 bits per heavy atom.